The van der Waals surface area contributed by atoms with E-state index in [2.05, 4.69) is 0 Å². The van der Waals surface area contributed by atoms with Crippen LogP contribution in [0.25, 0.3) is 0 Å². The number of rotatable bonds is 1. The van der Waals surface area contributed by atoms with Crippen LogP contribution in [-0.4, -0.2) is 22.4 Å². The fourth-order valence-corrected chi connectivity index (χ4v) is 1.83. The summed E-state index contributed by atoms with van der Waals surface area (Å²) in [6, 6.07) is 0. The molecule has 0 aromatic heterocycles. The lowest BCUT2D eigenvalue weighted by Gasteiger charge is -2.40. The van der Waals surface area contributed by atoms with E-state index in [9.17, 15) is 10.2 Å². The maximum Gasteiger partial charge on any atom is 0.0618 e. The summed E-state index contributed by atoms with van der Waals surface area (Å²) in [4.78, 5) is 0. The Labute approximate surface area is 68.2 Å². The minimum atomic E-state index is -0.391. The second-order valence-electron chi connectivity index (χ2n) is 3.94. The number of aliphatic hydroxyl groups is 2. The molecule has 0 saturated heterocycles. The van der Waals surface area contributed by atoms with Crippen molar-refractivity contribution >= 4 is 0 Å². The Kier molecular flexibility index (Phi) is 2.55. The van der Waals surface area contributed by atoms with Crippen LogP contribution in [0.1, 0.15) is 39.5 Å². The highest BCUT2D eigenvalue weighted by atomic mass is 16.3. The van der Waals surface area contributed by atoms with Crippen molar-refractivity contribution in [3.63, 3.8) is 0 Å². The number of hydrogen-bond donors (Lipinski definition) is 2. The molecular weight excluding hydrogens is 140 g/mol. The van der Waals surface area contributed by atoms with Gasteiger partial charge in [0.15, 0.2) is 0 Å². The normalized spacial score (nSPS) is 42.0. The first kappa shape index (κ1) is 9.01. The summed E-state index contributed by atoms with van der Waals surface area (Å²) in [6.45, 7) is 3.75. The van der Waals surface area contributed by atoms with Gasteiger partial charge >= 0.3 is 0 Å². The highest BCUT2D eigenvalue weighted by molar-refractivity contribution is 4.89. The van der Waals surface area contributed by atoms with E-state index < -0.39 is 6.10 Å². The molecule has 0 amide bonds. The third-order valence-corrected chi connectivity index (χ3v) is 3.16. The zero-order valence-electron chi connectivity index (χ0n) is 7.38. The zero-order chi connectivity index (χ0) is 8.48. The molecule has 0 radical (unpaired) electrons. The highest BCUT2D eigenvalue weighted by Gasteiger charge is 2.39. The van der Waals surface area contributed by atoms with Gasteiger partial charge in [-0.2, -0.15) is 0 Å². The number of hydrogen-bond acceptors (Lipinski definition) is 2. The van der Waals surface area contributed by atoms with Crippen LogP contribution in [0, 0.1) is 5.41 Å². The average molecular weight is 158 g/mol. The third kappa shape index (κ3) is 1.57. The molecule has 0 heterocycles. The maximum absolute atomic E-state index is 9.64. The summed E-state index contributed by atoms with van der Waals surface area (Å²) in [6.07, 6.45) is 3.34. The third-order valence-electron chi connectivity index (χ3n) is 3.16. The minimum absolute atomic E-state index is 0.252. The van der Waals surface area contributed by atoms with Crippen LogP contribution in [0.2, 0.25) is 0 Å². The standard InChI is InChI=1S/C9H18O2/c1-7(10)9(2)6-4-3-5-8(9)11/h7-8,10-11H,3-6H2,1-2H3/t7-,8+,9+/m1/s1. The predicted octanol–water partition coefficient (Wildman–Crippen LogP) is 1.31. The average Bonchev–Trinajstić information content (AvgIpc) is 1.95. The first-order valence-corrected chi connectivity index (χ1v) is 4.43. The smallest absolute Gasteiger partial charge is 0.0618 e. The van der Waals surface area contributed by atoms with Crippen molar-refractivity contribution < 1.29 is 10.2 Å². The molecule has 0 spiro atoms. The lowest BCUT2D eigenvalue weighted by molar-refractivity contribution is -0.0753. The summed E-state index contributed by atoms with van der Waals surface area (Å²) in [5.41, 5.74) is -0.252. The summed E-state index contributed by atoms with van der Waals surface area (Å²) in [5.74, 6) is 0. The van der Waals surface area contributed by atoms with E-state index in [4.69, 9.17) is 0 Å². The van der Waals surface area contributed by atoms with Gasteiger partial charge in [-0.25, -0.2) is 0 Å². The number of aliphatic hydroxyl groups excluding tert-OH is 2. The molecule has 0 aliphatic heterocycles. The van der Waals surface area contributed by atoms with Gasteiger partial charge < -0.3 is 10.2 Å². The van der Waals surface area contributed by atoms with Gasteiger partial charge in [-0.3, -0.25) is 0 Å². The van der Waals surface area contributed by atoms with Crippen LogP contribution in [0.4, 0.5) is 0 Å². The molecule has 1 aliphatic carbocycles. The largest absolute Gasteiger partial charge is 0.393 e. The van der Waals surface area contributed by atoms with E-state index in [1.807, 2.05) is 6.92 Å². The monoisotopic (exact) mass is 158 g/mol. The van der Waals surface area contributed by atoms with Crippen molar-refractivity contribution in [1.29, 1.82) is 0 Å². The summed E-state index contributed by atoms with van der Waals surface area (Å²) in [7, 11) is 0. The molecule has 1 rings (SSSR count). The fourth-order valence-electron chi connectivity index (χ4n) is 1.83. The SMILES string of the molecule is C[C@@H](O)[C@]1(C)CCCC[C@@H]1O. The first-order valence-electron chi connectivity index (χ1n) is 4.43. The summed E-state index contributed by atoms with van der Waals surface area (Å²) in [5, 5.41) is 19.1. The molecule has 1 saturated carbocycles. The van der Waals surface area contributed by atoms with E-state index in [0.29, 0.717) is 0 Å². The molecule has 0 unspecified atom stereocenters. The Balaban J connectivity index is 2.64. The topological polar surface area (TPSA) is 40.5 Å². The molecule has 1 fully saturated rings. The highest BCUT2D eigenvalue weighted by Crippen LogP contribution is 2.38. The van der Waals surface area contributed by atoms with E-state index in [0.717, 1.165) is 25.7 Å². The Bertz CT molecular complexity index is 134. The Morgan fingerprint density at radius 1 is 1.45 bits per heavy atom. The van der Waals surface area contributed by atoms with Crippen LogP contribution in [0.15, 0.2) is 0 Å². The molecule has 66 valence electrons. The van der Waals surface area contributed by atoms with Crippen LogP contribution < -0.4 is 0 Å². The van der Waals surface area contributed by atoms with Crippen LogP contribution in [0.5, 0.6) is 0 Å². The van der Waals surface area contributed by atoms with Crippen molar-refractivity contribution in [2.75, 3.05) is 0 Å². The van der Waals surface area contributed by atoms with E-state index in [-0.39, 0.29) is 11.5 Å². The quantitative estimate of drug-likeness (QED) is 0.604. The molecule has 11 heavy (non-hydrogen) atoms. The minimum Gasteiger partial charge on any atom is -0.393 e. The molecule has 0 aromatic carbocycles. The van der Waals surface area contributed by atoms with Gasteiger partial charge in [-0.15, -0.1) is 0 Å². The fraction of sp³-hybridized carbons (Fsp3) is 1.00. The first-order chi connectivity index (χ1) is 5.07. The van der Waals surface area contributed by atoms with Crippen LogP contribution >= 0.6 is 0 Å². The van der Waals surface area contributed by atoms with Crippen LogP contribution in [0.3, 0.4) is 0 Å². The van der Waals surface area contributed by atoms with Crippen molar-refractivity contribution in [1.82, 2.24) is 0 Å². The van der Waals surface area contributed by atoms with Gasteiger partial charge in [0.1, 0.15) is 0 Å². The van der Waals surface area contributed by atoms with E-state index >= 15 is 0 Å². The van der Waals surface area contributed by atoms with E-state index in [1.54, 1.807) is 6.92 Å². The van der Waals surface area contributed by atoms with Gasteiger partial charge in [0, 0.05) is 5.41 Å². The lowest BCUT2D eigenvalue weighted by atomic mass is 9.70. The molecule has 0 aromatic rings. The Hall–Kier alpha value is -0.0800. The second kappa shape index (κ2) is 3.11. The van der Waals surface area contributed by atoms with Crippen LogP contribution in [-0.2, 0) is 0 Å². The molecule has 2 heteroatoms. The van der Waals surface area contributed by atoms with Crippen molar-refractivity contribution in [2.24, 2.45) is 5.41 Å². The molecule has 3 atom stereocenters. The summed E-state index contributed by atoms with van der Waals surface area (Å²) < 4.78 is 0. The maximum atomic E-state index is 9.64. The van der Waals surface area contributed by atoms with E-state index in [1.165, 1.54) is 0 Å². The molecule has 0 bridgehead atoms. The molecule has 1 aliphatic rings. The van der Waals surface area contributed by atoms with Gasteiger partial charge in [-0.05, 0) is 19.8 Å². The second-order valence-corrected chi connectivity index (χ2v) is 3.94. The summed E-state index contributed by atoms with van der Waals surface area (Å²) >= 11 is 0. The van der Waals surface area contributed by atoms with Crippen molar-refractivity contribution in [3.8, 4) is 0 Å². The van der Waals surface area contributed by atoms with Gasteiger partial charge in [-0.1, -0.05) is 19.8 Å². The Morgan fingerprint density at radius 2 is 2.09 bits per heavy atom. The molecular formula is C9H18O2. The van der Waals surface area contributed by atoms with Crippen molar-refractivity contribution in [2.45, 2.75) is 51.7 Å². The predicted molar refractivity (Wildman–Crippen MR) is 44.3 cm³/mol. The van der Waals surface area contributed by atoms with Gasteiger partial charge in [0.05, 0.1) is 12.2 Å². The van der Waals surface area contributed by atoms with Gasteiger partial charge in [0.25, 0.3) is 0 Å². The molecule has 2 N–H and O–H groups in total. The zero-order valence-corrected chi connectivity index (χ0v) is 7.38. The molecule has 2 nitrogen and oxygen atoms in total. The van der Waals surface area contributed by atoms with Gasteiger partial charge in [0.2, 0.25) is 0 Å². The van der Waals surface area contributed by atoms with Crippen molar-refractivity contribution in [3.05, 3.63) is 0 Å². The lowest BCUT2D eigenvalue weighted by Crippen LogP contribution is -2.43. The Morgan fingerprint density at radius 3 is 2.45 bits per heavy atom.